The first kappa shape index (κ1) is 7.71. The van der Waals surface area contributed by atoms with Crippen molar-refractivity contribution >= 4 is 0 Å². The maximum atomic E-state index is 4.37. The van der Waals surface area contributed by atoms with Gasteiger partial charge in [0.15, 0.2) is 0 Å². The Hall–Kier alpha value is -0.920. The summed E-state index contributed by atoms with van der Waals surface area (Å²) in [5.74, 6) is 0. The van der Waals surface area contributed by atoms with Gasteiger partial charge in [-0.2, -0.15) is 0 Å². The van der Waals surface area contributed by atoms with E-state index in [2.05, 4.69) is 23.8 Å². The zero-order chi connectivity index (χ0) is 8.60. The summed E-state index contributed by atoms with van der Waals surface area (Å²) in [4.78, 5) is 8.42. The molecule has 0 fully saturated rings. The van der Waals surface area contributed by atoms with E-state index in [1.165, 1.54) is 24.1 Å². The zero-order valence-corrected chi connectivity index (χ0v) is 7.67. The monoisotopic (exact) mass is 162 g/mol. The van der Waals surface area contributed by atoms with Crippen molar-refractivity contribution in [1.82, 2.24) is 9.97 Å². The molecule has 0 aliphatic heterocycles. The zero-order valence-electron chi connectivity index (χ0n) is 7.67. The molecule has 1 aromatic heterocycles. The lowest BCUT2D eigenvalue weighted by Crippen LogP contribution is -2.17. The molecule has 0 N–H and O–H groups in total. The van der Waals surface area contributed by atoms with Crippen LogP contribution in [0, 0.1) is 0 Å². The summed E-state index contributed by atoms with van der Waals surface area (Å²) < 4.78 is 0. The largest absolute Gasteiger partial charge is 0.245 e. The highest BCUT2D eigenvalue weighted by molar-refractivity contribution is 5.30. The van der Waals surface area contributed by atoms with Crippen LogP contribution in [-0.2, 0) is 11.8 Å². The number of aryl methyl sites for hydroxylation is 1. The first-order valence-electron chi connectivity index (χ1n) is 4.55. The Morgan fingerprint density at radius 1 is 1.58 bits per heavy atom. The summed E-state index contributed by atoms with van der Waals surface area (Å²) in [5.41, 5.74) is 2.94. The molecule has 0 aromatic carbocycles. The highest BCUT2D eigenvalue weighted by atomic mass is 14.8. The summed E-state index contributed by atoms with van der Waals surface area (Å²) in [6, 6.07) is 0. The fraction of sp³-hybridized carbons (Fsp3) is 0.600. The number of aromatic nitrogens is 2. The van der Waals surface area contributed by atoms with Crippen molar-refractivity contribution in [3.63, 3.8) is 0 Å². The lowest BCUT2D eigenvalue weighted by atomic mass is 9.85. The predicted molar refractivity (Wildman–Crippen MR) is 48.0 cm³/mol. The predicted octanol–water partition coefficient (Wildman–Crippen LogP) is 2.09. The van der Waals surface area contributed by atoms with Crippen LogP contribution in [0.4, 0.5) is 0 Å². The Morgan fingerprint density at radius 2 is 2.42 bits per heavy atom. The van der Waals surface area contributed by atoms with E-state index in [4.69, 9.17) is 0 Å². The summed E-state index contributed by atoms with van der Waals surface area (Å²) in [6.45, 7) is 4.53. The van der Waals surface area contributed by atoms with Crippen LogP contribution in [-0.4, -0.2) is 9.97 Å². The van der Waals surface area contributed by atoms with Crippen LogP contribution in [0.5, 0.6) is 0 Å². The molecule has 1 unspecified atom stereocenters. The van der Waals surface area contributed by atoms with Gasteiger partial charge in [-0.3, -0.25) is 0 Å². The van der Waals surface area contributed by atoms with Gasteiger partial charge < -0.3 is 0 Å². The van der Waals surface area contributed by atoms with Crippen molar-refractivity contribution in [2.75, 3.05) is 0 Å². The quantitative estimate of drug-likeness (QED) is 0.632. The molecule has 1 aliphatic rings. The van der Waals surface area contributed by atoms with Gasteiger partial charge in [-0.05, 0) is 24.8 Å². The molecule has 1 aliphatic carbocycles. The van der Waals surface area contributed by atoms with E-state index in [0.29, 0.717) is 5.41 Å². The third-order valence-electron chi connectivity index (χ3n) is 3.09. The van der Waals surface area contributed by atoms with Crippen LogP contribution in [0.3, 0.4) is 0 Å². The average molecular weight is 162 g/mol. The normalized spacial score (nSPS) is 27.2. The van der Waals surface area contributed by atoms with Gasteiger partial charge in [-0.15, -0.1) is 0 Å². The first-order valence-corrected chi connectivity index (χ1v) is 4.55. The van der Waals surface area contributed by atoms with Crippen LogP contribution < -0.4 is 0 Å². The number of nitrogens with zero attached hydrogens (tertiary/aromatic N) is 2. The summed E-state index contributed by atoms with van der Waals surface area (Å²) in [7, 11) is 0. The van der Waals surface area contributed by atoms with Crippen LogP contribution in [0.1, 0.15) is 37.9 Å². The molecule has 1 heterocycles. The van der Waals surface area contributed by atoms with E-state index in [1.807, 2.05) is 6.20 Å². The van der Waals surface area contributed by atoms with E-state index < -0.39 is 0 Å². The molecule has 0 saturated heterocycles. The second kappa shape index (κ2) is 2.54. The number of rotatable bonds is 1. The highest BCUT2D eigenvalue weighted by Gasteiger charge is 2.33. The molecule has 0 spiro atoms. The average Bonchev–Trinajstić information content (AvgIpc) is 2.46. The highest BCUT2D eigenvalue weighted by Crippen LogP contribution is 2.38. The van der Waals surface area contributed by atoms with Gasteiger partial charge in [0.25, 0.3) is 0 Å². The van der Waals surface area contributed by atoms with Gasteiger partial charge in [0.2, 0.25) is 0 Å². The standard InChI is InChI=1S/C10H14N2/c1-3-10(2)5-4-8-6-11-7-12-9(8)10/h6-7H,3-5H2,1-2H3. The Labute approximate surface area is 73.1 Å². The van der Waals surface area contributed by atoms with Crippen LogP contribution in [0.2, 0.25) is 0 Å². The van der Waals surface area contributed by atoms with Gasteiger partial charge in [0.1, 0.15) is 6.33 Å². The Bertz CT molecular complexity index is 296. The fourth-order valence-electron chi connectivity index (χ4n) is 1.96. The molecule has 1 aromatic rings. The molecule has 64 valence electrons. The van der Waals surface area contributed by atoms with E-state index in [9.17, 15) is 0 Å². The van der Waals surface area contributed by atoms with Gasteiger partial charge >= 0.3 is 0 Å². The second-order valence-corrected chi connectivity index (χ2v) is 3.81. The topological polar surface area (TPSA) is 25.8 Å². The molecule has 0 amide bonds. The lowest BCUT2D eigenvalue weighted by molar-refractivity contribution is 0.442. The Morgan fingerprint density at radius 3 is 3.17 bits per heavy atom. The van der Waals surface area contributed by atoms with Crippen molar-refractivity contribution in [3.05, 3.63) is 23.8 Å². The Balaban J connectivity index is 2.49. The van der Waals surface area contributed by atoms with Crippen molar-refractivity contribution < 1.29 is 0 Å². The number of hydrogen-bond acceptors (Lipinski definition) is 2. The fourth-order valence-corrected chi connectivity index (χ4v) is 1.96. The molecular weight excluding hydrogens is 148 g/mol. The minimum Gasteiger partial charge on any atom is -0.245 e. The van der Waals surface area contributed by atoms with E-state index in [0.717, 1.165) is 6.42 Å². The van der Waals surface area contributed by atoms with Crippen molar-refractivity contribution in [1.29, 1.82) is 0 Å². The van der Waals surface area contributed by atoms with Crippen LogP contribution in [0.15, 0.2) is 12.5 Å². The van der Waals surface area contributed by atoms with Gasteiger partial charge in [0, 0.05) is 11.6 Å². The van der Waals surface area contributed by atoms with E-state index in [-0.39, 0.29) is 0 Å². The molecule has 2 rings (SSSR count). The Kier molecular flexibility index (Phi) is 1.63. The smallest absolute Gasteiger partial charge is 0.115 e. The van der Waals surface area contributed by atoms with Crippen molar-refractivity contribution in [2.24, 2.45) is 0 Å². The second-order valence-electron chi connectivity index (χ2n) is 3.81. The lowest BCUT2D eigenvalue weighted by Gasteiger charge is -2.21. The van der Waals surface area contributed by atoms with Crippen LogP contribution in [0.25, 0.3) is 0 Å². The van der Waals surface area contributed by atoms with Gasteiger partial charge in [0.05, 0.1) is 5.69 Å². The maximum Gasteiger partial charge on any atom is 0.115 e. The number of hydrogen-bond donors (Lipinski definition) is 0. The number of fused-ring (bicyclic) bond motifs is 1. The van der Waals surface area contributed by atoms with E-state index >= 15 is 0 Å². The molecule has 1 atom stereocenters. The van der Waals surface area contributed by atoms with Gasteiger partial charge in [-0.1, -0.05) is 13.8 Å². The minimum absolute atomic E-state index is 0.318. The SMILES string of the molecule is CCC1(C)CCc2cncnc21. The molecule has 2 heteroatoms. The summed E-state index contributed by atoms with van der Waals surface area (Å²) in [5, 5.41) is 0. The summed E-state index contributed by atoms with van der Waals surface area (Å²) >= 11 is 0. The summed E-state index contributed by atoms with van der Waals surface area (Å²) in [6.07, 6.45) is 7.19. The maximum absolute atomic E-state index is 4.37. The van der Waals surface area contributed by atoms with Gasteiger partial charge in [-0.25, -0.2) is 9.97 Å². The molecule has 0 radical (unpaired) electrons. The van der Waals surface area contributed by atoms with Crippen molar-refractivity contribution in [2.45, 2.75) is 38.5 Å². The van der Waals surface area contributed by atoms with E-state index in [1.54, 1.807) is 6.33 Å². The molecule has 0 saturated carbocycles. The third kappa shape index (κ3) is 0.942. The minimum atomic E-state index is 0.318. The van der Waals surface area contributed by atoms with Crippen molar-refractivity contribution in [3.8, 4) is 0 Å². The third-order valence-corrected chi connectivity index (χ3v) is 3.09. The first-order chi connectivity index (χ1) is 5.76. The molecule has 0 bridgehead atoms. The molecule has 12 heavy (non-hydrogen) atoms. The van der Waals surface area contributed by atoms with Crippen LogP contribution >= 0.6 is 0 Å². The molecular formula is C10H14N2. The molecule has 2 nitrogen and oxygen atoms in total.